The van der Waals surface area contributed by atoms with Crippen LogP contribution in [0.1, 0.15) is 12.0 Å². The Morgan fingerprint density at radius 3 is 2.21 bits per heavy atom. The number of rotatable bonds is 12. The molecule has 6 nitrogen and oxygen atoms in total. The molecule has 0 aliphatic carbocycles. The predicted octanol–water partition coefficient (Wildman–Crippen LogP) is 3.53. The van der Waals surface area contributed by atoms with Crippen molar-refractivity contribution in [3.63, 3.8) is 0 Å². The third-order valence-corrected chi connectivity index (χ3v) is 4.00. The molecular formula is C22H26N4O2. The van der Waals surface area contributed by atoms with Crippen LogP contribution in [0.3, 0.4) is 0 Å². The number of anilines is 1. The second-order valence-electron chi connectivity index (χ2n) is 6.17. The summed E-state index contributed by atoms with van der Waals surface area (Å²) in [7, 11) is 0. The molecule has 3 rings (SSSR count). The third kappa shape index (κ3) is 6.89. The zero-order chi connectivity index (χ0) is 19.3. The van der Waals surface area contributed by atoms with E-state index < -0.39 is 0 Å². The van der Waals surface area contributed by atoms with Gasteiger partial charge >= 0.3 is 0 Å². The second-order valence-corrected chi connectivity index (χ2v) is 6.17. The van der Waals surface area contributed by atoms with Crippen molar-refractivity contribution in [3.8, 4) is 11.5 Å². The maximum Gasteiger partial charge on any atom is 0.222 e. The molecule has 1 heterocycles. The first-order chi connectivity index (χ1) is 13.9. The van der Waals surface area contributed by atoms with Gasteiger partial charge in [-0.25, -0.2) is 9.97 Å². The molecule has 0 aliphatic rings. The average molecular weight is 378 g/mol. The van der Waals surface area contributed by atoms with Gasteiger partial charge in [0.25, 0.3) is 0 Å². The molecule has 2 aromatic carbocycles. The average Bonchev–Trinajstić information content (AvgIpc) is 2.76. The molecule has 0 unspecified atom stereocenters. The van der Waals surface area contributed by atoms with E-state index in [9.17, 15) is 0 Å². The van der Waals surface area contributed by atoms with E-state index in [1.54, 1.807) is 18.5 Å². The van der Waals surface area contributed by atoms with Gasteiger partial charge in [-0.1, -0.05) is 42.5 Å². The van der Waals surface area contributed by atoms with Gasteiger partial charge in [-0.15, -0.1) is 0 Å². The third-order valence-electron chi connectivity index (χ3n) is 4.00. The van der Waals surface area contributed by atoms with E-state index in [2.05, 4.69) is 20.6 Å². The van der Waals surface area contributed by atoms with Gasteiger partial charge in [0.15, 0.2) is 11.5 Å². The fourth-order valence-corrected chi connectivity index (χ4v) is 2.59. The van der Waals surface area contributed by atoms with E-state index in [4.69, 9.17) is 9.47 Å². The van der Waals surface area contributed by atoms with Gasteiger partial charge in [0.2, 0.25) is 5.95 Å². The van der Waals surface area contributed by atoms with Gasteiger partial charge in [-0.2, -0.15) is 0 Å². The number of para-hydroxylation sites is 2. The summed E-state index contributed by atoms with van der Waals surface area (Å²) in [5.41, 5.74) is 1.13. The zero-order valence-corrected chi connectivity index (χ0v) is 15.9. The largest absolute Gasteiger partial charge is 0.488 e. The molecule has 2 N–H and O–H groups in total. The highest BCUT2D eigenvalue weighted by molar-refractivity contribution is 5.39. The van der Waals surface area contributed by atoms with Crippen LogP contribution in [0, 0.1) is 0 Å². The van der Waals surface area contributed by atoms with E-state index in [0.717, 1.165) is 43.1 Å². The maximum atomic E-state index is 5.91. The van der Waals surface area contributed by atoms with Gasteiger partial charge in [0.05, 0.1) is 0 Å². The molecule has 3 aromatic rings. The lowest BCUT2D eigenvalue weighted by Crippen LogP contribution is -2.23. The molecule has 0 radical (unpaired) electrons. The van der Waals surface area contributed by atoms with Gasteiger partial charge in [-0.05, 0) is 36.7 Å². The van der Waals surface area contributed by atoms with Gasteiger partial charge in [0.1, 0.15) is 13.2 Å². The summed E-state index contributed by atoms with van der Waals surface area (Å²) in [6.07, 6.45) is 4.44. The number of aromatic nitrogens is 2. The molecule has 146 valence electrons. The van der Waals surface area contributed by atoms with Crippen molar-refractivity contribution in [2.24, 2.45) is 0 Å². The Morgan fingerprint density at radius 1 is 0.714 bits per heavy atom. The molecule has 6 heteroatoms. The van der Waals surface area contributed by atoms with Crippen molar-refractivity contribution in [2.45, 2.75) is 13.0 Å². The molecule has 0 fully saturated rings. The fourth-order valence-electron chi connectivity index (χ4n) is 2.59. The van der Waals surface area contributed by atoms with E-state index >= 15 is 0 Å². The van der Waals surface area contributed by atoms with Crippen LogP contribution in [0.25, 0.3) is 0 Å². The zero-order valence-electron chi connectivity index (χ0n) is 15.9. The van der Waals surface area contributed by atoms with Crippen LogP contribution in [0.4, 0.5) is 5.95 Å². The lowest BCUT2D eigenvalue weighted by Gasteiger charge is -2.13. The standard InChI is InChI=1S/C22H26N4O2/c1-2-8-19(9-3-1)18-28-21-11-5-4-10-20(21)27-17-16-23-12-6-13-24-22-25-14-7-15-26-22/h1-5,7-11,14-15,23H,6,12-13,16-18H2,(H,24,25,26). The first-order valence-electron chi connectivity index (χ1n) is 9.52. The summed E-state index contributed by atoms with van der Waals surface area (Å²) in [6, 6.07) is 19.7. The quantitative estimate of drug-likeness (QED) is 0.470. The van der Waals surface area contributed by atoms with Crippen LogP contribution in [-0.4, -0.2) is 36.2 Å². The number of benzene rings is 2. The summed E-state index contributed by atoms with van der Waals surface area (Å²) in [5.74, 6) is 2.19. The van der Waals surface area contributed by atoms with E-state index in [0.29, 0.717) is 19.2 Å². The minimum Gasteiger partial charge on any atom is -0.488 e. The van der Waals surface area contributed by atoms with E-state index in [-0.39, 0.29) is 0 Å². The molecule has 1 aromatic heterocycles. The summed E-state index contributed by atoms with van der Waals surface area (Å²) in [5, 5.41) is 6.56. The Balaban J connectivity index is 1.30. The van der Waals surface area contributed by atoms with Crippen LogP contribution in [0.2, 0.25) is 0 Å². The van der Waals surface area contributed by atoms with Crippen molar-refractivity contribution in [1.82, 2.24) is 15.3 Å². The minimum atomic E-state index is 0.525. The van der Waals surface area contributed by atoms with E-state index in [1.807, 2.05) is 54.6 Å². The molecule has 0 amide bonds. The van der Waals surface area contributed by atoms with Crippen molar-refractivity contribution >= 4 is 5.95 Å². The molecule has 0 saturated carbocycles. The van der Waals surface area contributed by atoms with Crippen molar-refractivity contribution < 1.29 is 9.47 Å². The van der Waals surface area contributed by atoms with Crippen molar-refractivity contribution in [2.75, 3.05) is 31.6 Å². The number of nitrogens with one attached hydrogen (secondary N) is 2. The summed E-state index contributed by atoms with van der Waals surface area (Å²) in [4.78, 5) is 8.26. The summed E-state index contributed by atoms with van der Waals surface area (Å²) < 4.78 is 11.8. The lowest BCUT2D eigenvalue weighted by molar-refractivity contribution is 0.261. The Labute approximate surface area is 166 Å². The number of nitrogens with zero attached hydrogens (tertiary/aromatic N) is 2. The minimum absolute atomic E-state index is 0.525. The number of hydrogen-bond donors (Lipinski definition) is 2. The normalized spacial score (nSPS) is 10.4. The predicted molar refractivity (Wildman–Crippen MR) is 111 cm³/mol. The molecule has 0 saturated heterocycles. The molecule has 0 spiro atoms. The summed E-state index contributed by atoms with van der Waals surface area (Å²) in [6.45, 7) is 3.61. The SMILES string of the molecule is c1ccc(COc2ccccc2OCCNCCCNc2ncccn2)cc1. The van der Waals surface area contributed by atoms with Crippen LogP contribution < -0.4 is 20.1 Å². The summed E-state index contributed by atoms with van der Waals surface area (Å²) >= 11 is 0. The second kappa shape index (κ2) is 11.6. The first-order valence-corrected chi connectivity index (χ1v) is 9.52. The smallest absolute Gasteiger partial charge is 0.222 e. The lowest BCUT2D eigenvalue weighted by atomic mass is 10.2. The van der Waals surface area contributed by atoms with Crippen molar-refractivity contribution in [1.29, 1.82) is 0 Å². The topological polar surface area (TPSA) is 68.3 Å². The van der Waals surface area contributed by atoms with E-state index in [1.165, 1.54) is 0 Å². The number of hydrogen-bond acceptors (Lipinski definition) is 6. The van der Waals surface area contributed by atoms with Crippen LogP contribution >= 0.6 is 0 Å². The molecular weight excluding hydrogens is 352 g/mol. The Morgan fingerprint density at radius 2 is 1.43 bits per heavy atom. The van der Waals surface area contributed by atoms with Crippen LogP contribution in [0.15, 0.2) is 73.1 Å². The first kappa shape index (κ1) is 19.6. The molecule has 0 bridgehead atoms. The monoisotopic (exact) mass is 378 g/mol. The molecule has 28 heavy (non-hydrogen) atoms. The maximum absolute atomic E-state index is 5.91. The number of ether oxygens (including phenoxy) is 2. The van der Waals surface area contributed by atoms with Gasteiger partial charge in [0, 0.05) is 25.5 Å². The fraction of sp³-hybridized carbons (Fsp3) is 0.273. The molecule has 0 atom stereocenters. The van der Waals surface area contributed by atoms with Gasteiger partial charge in [-0.3, -0.25) is 0 Å². The highest BCUT2D eigenvalue weighted by atomic mass is 16.5. The van der Waals surface area contributed by atoms with Gasteiger partial charge < -0.3 is 20.1 Å². The molecule has 0 aliphatic heterocycles. The highest BCUT2D eigenvalue weighted by Gasteiger charge is 2.04. The Hall–Kier alpha value is -3.12. The van der Waals surface area contributed by atoms with Crippen LogP contribution in [-0.2, 0) is 6.61 Å². The van der Waals surface area contributed by atoms with Crippen molar-refractivity contribution in [3.05, 3.63) is 78.6 Å². The Bertz CT molecular complexity index is 800. The van der Waals surface area contributed by atoms with Crippen LogP contribution in [0.5, 0.6) is 11.5 Å². The highest BCUT2D eigenvalue weighted by Crippen LogP contribution is 2.27. The Kier molecular flexibility index (Phi) is 8.11.